The van der Waals surface area contributed by atoms with Crippen LogP contribution in [-0.2, 0) is 18.2 Å². The Morgan fingerprint density at radius 3 is 2.42 bits per heavy atom. The molecule has 1 unspecified atom stereocenters. The van der Waals surface area contributed by atoms with E-state index in [4.69, 9.17) is 14.8 Å². The zero-order chi connectivity index (χ0) is 32.5. The number of ether oxygens (including phenoxy) is 1. The maximum Gasteiger partial charge on any atom is 0.410 e. The van der Waals surface area contributed by atoms with Crippen molar-refractivity contribution < 1.29 is 18.3 Å². The van der Waals surface area contributed by atoms with Gasteiger partial charge in [0, 0.05) is 48.8 Å². The molecule has 5 aromatic rings. The maximum absolute atomic E-state index is 15.8. The fourth-order valence-electron chi connectivity index (χ4n) is 6.33. The average Bonchev–Trinajstić information content (AvgIpc) is 3.63. The number of halogens is 2. The van der Waals surface area contributed by atoms with E-state index in [2.05, 4.69) is 17.0 Å². The molecule has 0 spiro atoms. The van der Waals surface area contributed by atoms with Gasteiger partial charge < -0.3 is 14.6 Å². The fraction of sp³-hybridized carbons (Fsp3) is 0.412. The lowest BCUT2D eigenvalue weighted by atomic mass is 9.92. The van der Waals surface area contributed by atoms with Gasteiger partial charge in [-0.25, -0.2) is 23.2 Å². The van der Waals surface area contributed by atoms with Crippen LogP contribution >= 0.6 is 0 Å². The minimum atomic E-state index is -0.630. The van der Waals surface area contributed by atoms with Gasteiger partial charge in [-0.3, -0.25) is 4.68 Å². The Balaban J connectivity index is 1.53. The molecule has 11 heteroatoms. The molecule has 6 rings (SSSR count). The normalized spacial score (nSPS) is 17.1. The molecule has 0 saturated heterocycles. The van der Waals surface area contributed by atoms with E-state index in [0.717, 1.165) is 11.3 Å². The second-order valence-corrected chi connectivity index (χ2v) is 13.2. The number of hydrogen-bond acceptors (Lipinski definition) is 5. The standard InChI is InChI=1S/C34H39F2N7O2/c1-17-14-22(15-18(2)28(17)35)43-31(27-19(3)21(5)42(13-12-25(27)40-43)33(44)45-34(6,7)8)32-38-20(4)30(39-32)23-10-11-26-24(29(23)36)16-37-41(26)9/h10-11,14-16,19,21H,12-13H2,1-9H3,(H,38,39)/t19-,21?/m1/s1. The lowest BCUT2D eigenvalue weighted by Crippen LogP contribution is -2.44. The molecule has 3 aromatic heterocycles. The number of aromatic nitrogens is 6. The molecular weight excluding hydrogens is 576 g/mol. The van der Waals surface area contributed by atoms with Crippen LogP contribution < -0.4 is 0 Å². The summed E-state index contributed by atoms with van der Waals surface area (Å²) in [4.78, 5) is 23.4. The maximum atomic E-state index is 15.8. The molecule has 2 aromatic carbocycles. The zero-order valence-electron chi connectivity index (χ0n) is 27.2. The number of nitrogens with zero attached hydrogens (tertiary/aromatic N) is 6. The van der Waals surface area contributed by atoms with Crippen molar-refractivity contribution in [1.82, 2.24) is 34.4 Å². The number of hydrogen-bond donors (Lipinski definition) is 1. The lowest BCUT2D eigenvalue weighted by Gasteiger charge is -2.33. The van der Waals surface area contributed by atoms with Crippen LogP contribution in [0.5, 0.6) is 0 Å². The van der Waals surface area contributed by atoms with Crippen LogP contribution in [0, 0.1) is 32.4 Å². The molecule has 0 aliphatic carbocycles. The van der Waals surface area contributed by atoms with E-state index in [-0.39, 0.29) is 23.9 Å². The summed E-state index contributed by atoms with van der Waals surface area (Å²) in [6.45, 7) is 15.4. The van der Waals surface area contributed by atoms with Gasteiger partial charge >= 0.3 is 6.09 Å². The van der Waals surface area contributed by atoms with Crippen LogP contribution in [0.15, 0.2) is 30.5 Å². The van der Waals surface area contributed by atoms with Gasteiger partial charge in [-0.2, -0.15) is 10.2 Å². The van der Waals surface area contributed by atoms with E-state index >= 15 is 4.39 Å². The molecular formula is C34H39F2N7O2. The Morgan fingerprint density at radius 1 is 1.07 bits per heavy atom. The van der Waals surface area contributed by atoms with Crippen LogP contribution in [-0.4, -0.2) is 58.7 Å². The van der Waals surface area contributed by atoms with Crippen molar-refractivity contribution in [2.24, 2.45) is 7.05 Å². The van der Waals surface area contributed by atoms with Crippen molar-refractivity contribution in [2.45, 2.75) is 79.4 Å². The van der Waals surface area contributed by atoms with Gasteiger partial charge in [-0.05, 0) is 83.9 Å². The first kappa shape index (κ1) is 30.5. The summed E-state index contributed by atoms with van der Waals surface area (Å²) in [6.07, 6.45) is 1.63. The summed E-state index contributed by atoms with van der Waals surface area (Å²) >= 11 is 0. The lowest BCUT2D eigenvalue weighted by molar-refractivity contribution is 0.0166. The van der Waals surface area contributed by atoms with Crippen LogP contribution in [0.4, 0.5) is 13.6 Å². The summed E-state index contributed by atoms with van der Waals surface area (Å²) < 4.78 is 39.8. The first-order valence-corrected chi connectivity index (χ1v) is 15.2. The molecule has 1 aliphatic rings. The molecule has 4 heterocycles. The second-order valence-electron chi connectivity index (χ2n) is 13.2. The molecule has 1 N–H and O–H groups in total. The topological polar surface area (TPSA) is 93.9 Å². The number of H-pyrrole nitrogens is 1. The zero-order valence-corrected chi connectivity index (χ0v) is 27.2. The van der Waals surface area contributed by atoms with E-state index in [9.17, 15) is 9.18 Å². The van der Waals surface area contributed by atoms with Crippen LogP contribution in [0.3, 0.4) is 0 Å². The molecule has 0 radical (unpaired) electrons. The molecule has 2 atom stereocenters. The third-order valence-electron chi connectivity index (χ3n) is 8.78. The van der Waals surface area contributed by atoms with E-state index < -0.39 is 11.4 Å². The van der Waals surface area contributed by atoms with Crippen molar-refractivity contribution in [1.29, 1.82) is 0 Å². The molecule has 0 saturated carbocycles. The third kappa shape index (κ3) is 5.17. The number of benzene rings is 2. The quantitative estimate of drug-likeness (QED) is 0.230. The van der Waals surface area contributed by atoms with Crippen molar-refractivity contribution >= 4 is 17.0 Å². The van der Waals surface area contributed by atoms with Crippen molar-refractivity contribution in [3.8, 4) is 28.5 Å². The fourth-order valence-corrected chi connectivity index (χ4v) is 6.33. The Hall–Kier alpha value is -4.54. The molecule has 236 valence electrons. The van der Waals surface area contributed by atoms with E-state index in [0.29, 0.717) is 69.2 Å². The van der Waals surface area contributed by atoms with Gasteiger partial charge in [-0.1, -0.05) is 6.92 Å². The first-order valence-electron chi connectivity index (χ1n) is 15.2. The third-order valence-corrected chi connectivity index (χ3v) is 8.78. The van der Waals surface area contributed by atoms with Crippen molar-refractivity contribution in [2.75, 3.05) is 6.54 Å². The Bertz CT molecular complexity index is 1940. The van der Waals surface area contributed by atoms with Crippen LogP contribution in [0.25, 0.3) is 39.4 Å². The number of rotatable bonds is 3. The van der Waals surface area contributed by atoms with Crippen LogP contribution in [0.2, 0.25) is 0 Å². The van der Waals surface area contributed by atoms with Gasteiger partial charge in [0.2, 0.25) is 0 Å². The SMILES string of the molecule is Cc1cc(-n2nc3c(c2-c2nc(-c4ccc5c(cnn5C)c4F)c(C)[nH]2)[C@H](C)C(C)N(C(=O)OC(C)(C)C)CC3)cc(C)c1F. The summed E-state index contributed by atoms with van der Waals surface area (Å²) in [5, 5.41) is 9.69. The summed E-state index contributed by atoms with van der Waals surface area (Å²) in [5.74, 6) is -0.319. The Labute approximate surface area is 261 Å². The van der Waals surface area contributed by atoms with Gasteiger partial charge in [0.15, 0.2) is 5.82 Å². The number of nitrogens with one attached hydrogen (secondary N) is 1. The van der Waals surface area contributed by atoms with Gasteiger partial charge in [0.05, 0.1) is 34.2 Å². The highest BCUT2D eigenvalue weighted by Gasteiger charge is 2.37. The molecule has 9 nitrogen and oxygen atoms in total. The molecule has 1 aliphatic heterocycles. The Morgan fingerprint density at radius 2 is 1.76 bits per heavy atom. The number of aryl methyl sites for hydroxylation is 4. The predicted molar refractivity (Wildman–Crippen MR) is 170 cm³/mol. The van der Waals surface area contributed by atoms with Crippen molar-refractivity contribution in [3.05, 3.63) is 70.2 Å². The number of amides is 1. The highest BCUT2D eigenvalue weighted by molar-refractivity contribution is 5.85. The average molecular weight is 616 g/mol. The number of fused-ring (bicyclic) bond motifs is 2. The number of aromatic amines is 1. The number of imidazole rings is 1. The van der Waals surface area contributed by atoms with E-state index in [1.54, 1.807) is 53.4 Å². The number of carbonyl (C=O) groups excluding carboxylic acids is 1. The minimum absolute atomic E-state index is 0.168. The van der Waals surface area contributed by atoms with Crippen LogP contribution in [0.1, 0.15) is 68.6 Å². The molecule has 45 heavy (non-hydrogen) atoms. The van der Waals surface area contributed by atoms with E-state index in [1.165, 1.54) is 6.20 Å². The molecule has 1 amide bonds. The highest BCUT2D eigenvalue weighted by Crippen LogP contribution is 2.40. The largest absolute Gasteiger partial charge is 0.444 e. The highest BCUT2D eigenvalue weighted by atomic mass is 19.1. The van der Waals surface area contributed by atoms with Gasteiger partial charge in [0.25, 0.3) is 0 Å². The summed E-state index contributed by atoms with van der Waals surface area (Å²) in [7, 11) is 1.78. The molecule has 0 fully saturated rings. The number of carbonyl (C=O) groups is 1. The van der Waals surface area contributed by atoms with Gasteiger partial charge in [-0.15, -0.1) is 0 Å². The van der Waals surface area contributed by atoms with E-state index in [1.807, 2.05) is 40.7 Å². The molecule has 0 bridgehead atoms. The minimum Gasteiger partial charge on any atom is -0.444 e. The monoisotopic (exact) mass is 615 g/mol. The Kier molecular flexibility index (Phi) is 7.33. The predicted octanol–water partition coefficient (Wildman–Crippen LogP) is 7.30. The second kappa shape index (κ2) is 10.8. The summed E-state index contributed by atoms with van der Waals surface area (Å²) in [6, 6.07) is 6.87. The smallest absolute Gasteiger partial charge is 0.410 e. The van der Waals surface area contributed by atoms with Gasteiger partial charge in [0.1, 0.15) is 22.9 Å². The first-order chi connectivity index (χ1) is 21.2. The van der Waals surface area contributed by atoms with Crippen molar-refractivity contribution in [3.63, 3.8) is 0 Å². The summed E-state index contributed by atoms with van der Waals surface area (Å²) in [5.41, 5.74) is 5.71.